The Hall–Kier alpha value is -0.770. The molecule has 3 nitrogen and oxygen atoms in total. The Morgan fingerprint density at radius 2 is 1.90 bits per heavy atom. The van der Waals surface area contributed by atoms with Crippen LogP contribution in [-0.2, 0) is 4.79 Å². The van der Waals surface area contributed by atoms with E-state index in [0.29, 0.717) is 34.1 Å². The third-order valence-electron chi connectivity index (χ3n) is 3.52. The largest absolute Gasteiger partial charge is 0.325 e. The molecule has 1 amide bonds. The fourth-order valence-corrected chi connectivity index (χ4v) is 3.20. The second-order valence-electron chi connectivity index (χ2n) is 5.82. The van der Waals surface area contributed by atoms with E-state index in [0.717, 1.165) is 13.1 Å². The molecule has 20 heavy (non-hydrogen) atoms. The van der Waals surface area contributed by atoms with E-state index in [1.165, 1.54) is 6.42 Å². The lowest BCUT2D eigenvalue weighted by molar-refractivity contribution is -0.117. The summed E-state index contributed by atoms with van der Waals surface area (Å²) in [6.07, 6.45) is 1.24. The summed E-state index contributed by atoms with van der Waals surface area (Å²) in [4.78, 5) is 14.3. The van der Waals surface area contributed by atoms with Crippen molar-refractivity contribution in [2.45, 2.75) is 20.3 Å². The van der Waals surface area contributed by atoms with Crippen molar-refractivity contribution in [2.24, 2.45) is 11.8 Å². The van der Waals surface area contributed by atoms with Crippen LogP contribution in [0.1, 0.15) is 20.3 Å². The van der Waals surface area contributed by atoms with E-state index in [-0.39, 0.29) is 5.91 Å². The molecular weight excluding hydrogens is 295 g/mol. The summed E-state index contributed by atoms with van der Waals surface area (Å²) in [5, 5.41) is 3.80. The predicted molar refractivity (Wildman–Crippen MR) is 84.5 cm³/mol. The molecule has 1 heterocycles. The molecule has 1 aliphatic heterocycles. The number of hydrogen-bond acceptors (Lipinski definition) is 2. The van der Waals surface area contributed by atoms with Crippen molar-refractivity contribution in [1.29, 1.82) is 0 Å². The summed E-state index contributed by atoms with van der Waals surface area (Å²) in [6.45, 7) is 6.87. The van der Waals surface area contributed by atoms with Gasteiger partial charge in [0, 0.05) is 18.8 Å². The zero-order valence-electron chi connectivity index (χ0n) is 11.8. The van der Waals surface area contributed by atoms with Gasteiger partial charge in [-0.05, 0) is 36.5 Å². The van der Waals surface area contributed by atoms with Crippen molar-refractivity contribution >= 4 is 34.8 Å². The summed E-state index contributed by atoms with van der Waals surface area (Å²) >= 11 is 11.8. The Kier molecular flexibility index (Phi) is 5.30. The lowest BCUT2D eigenvalue weighted by atomic mass is 9.92. The average Bonchev–Trinajstić information content (AvgIpc) is 2.32. The number of amides is 1. The molecule has 5 heteroatoms. The molecule has 0 bridgehead atoms. The monoisotopic (exact) mass is 314 g/mol. The second kappa shape index (κ2) is 6.79. The van der Waals surface area contributed by atoms with Gasteiger partial charge < -0.3 is 5.32 Å². The normalized spacial score (nSPS) is 23.6. The van der Waals surface area contributed by atoms with Crippen LogP contribution in [0.3, 0.4) is 0 Å². The molecule has 0 spiro atoms. The van der Waals surface area contributed by atoms with Crippen molar-refractivity contribution in [2.75, 3.05) is 25.0 Å². The van der Waals surface area contributed by atoms with Gasteiger partial charge in [-0.3, -0.25) is 9.69 Å². The first-order chi connectivity index (χ1) is 9.44. The van der Waals surface area contributed by atoms with Crippen LogP contribution in [-0.4, -0.2) is 30.4 Å². The summed E-state index contributed by atoms with van der Waals surface area (Å²) in [6, 6.07) is 5.11. The van der Waals surface area contributed by atoms with Crippen molar-refractivity contribution in [3.05, 3.63) is 28.2 Å². The highest BCUT2D eigenvalue weighted by molar-refractivity contribution is 6.42. The molecule has 1 N–H and O–H groups in total. The average molecular weight is 315 g/mol. The molecule has 1 aliphatic rings. The number of halogens is 2. The first-order valence-electron chi connectivity index (χ1n) is 6.91. The number of benzene rings is 1. The van der Waals surface area contributed by atoms with Crippen LogP contribution in [0.4, 0.5) is 5.69 Å². The van der Waals surface area contributed by atoms with Crippen LogP contribution >= 0.6 is 23.2 Å². The molecule has 110 valence electrons. The molecule has 2 rings (SSSR count). The van der Waals surface area contributed by atoms with Crippen LogP contribution < -0.4 is 5.32 Å². The first-order valence-corrected chi connectivity index (χ1v) is 7.67. The molecule has 1 fully saturated rings. The highest BCUT2D eigenvalue weighted by Gasteiger charge is 2.23. The van der Waals surface area contributed by atoms with Crippen LogP contribution in [0.5, 0.6) is 0 Å². The van der Waals surface area contributed by atoms with Crippen LogP contribution in [0, 0.1) is 11.8 Å². The number of nitrogens with one attached hydrogen (secondary N) is 1. The van der Waals surface area contributed by atoms with Crippen molar-refractivity contribution in [3.8, 4) is 0 Å². The fourth-order valence-electron chi connectivity index (χ4n) is 2.90. The van der Waals surface area contributed by atoms with E-state index in [4.69, 9.17) is 23.2 Å². The summed E-state index contributed by atoms with van der Waals surface area (Å²) < 4.78 is 0. The summed E-state index contributed by atoms with van der Waals surface area (Å²) in [5.41, 5.74) is 0.683. The minimum atomic E-state index is -0.00955. The maximum Gasteiger partial charge on any atom is 0.238 e. The van der Waals surface area contributed by atoms with E-state index in [9.17, 15) is 4.79 Å². The Morgan fingerprint density at radius 1 is 1.25 bits per heavy atom. The minimum Gasteiger partial charge on any atom is -0.325 e. The highest BCUT2D eigenvalue weighted by atomic mass is 35.5. The molecular formula is C15H20Cl2N2O. The number of likely N-dealkylation sites (tertiary alicyclic amines) is 1. The molecule has 1 saturated heterocycles. The van der Waals surface area contributed by atoms with Gasteiger partial charge in [0.25, 0.3) is 0 Å². The summed E-state index contributed by atoms with van der Waals surface area (Å²) in [7, 11) is 0. The summed E-state index contributed by atoms with van der Waals surface area (Å²) in [5.74, 6) is 1.29. The third-order valence-corrected chi connectivity index (χ3v) is 4.25. The van der Waals surface area contributed by atoms with Gasteiger partial charge in [-0.25, -0.2) is 0 Å². The molecule has 0 aromatic heterocycles. The lowest BCUT2D eigenvalue weighted by Crippen LogP contribution is -2.42. The number of rotatable bonds is 3. The molecule has 1 aromatic rings. The van der Waals surface area contributed by atoms with E-state index in [1.807, 2.05) is 0 Å². The van der Waals surface area contributed by atoms with Gasteiger partial charge in [0.1, 0.15) is 0 Å². The topological polar surface area (TPSA) is 32.3 Å². The first kappa shape index (κ1) is 15.6. The Balaban J connectivity index is 1.90. The van der Waals surface area contributed by atoms with Crippen LogP contribution in [0.25, 0.3) is 0 Å². The SMILES string of the molecule is CC1CC(C)CN(CC(=O)Nc2ccc(Cl)c(Cl)c2)C1. The zero-order valence-corrected chi connectivity index (χ0v) is 13.3. The van der Waals surface area contributed by atoms with E-state index in [2.05, 4.69) is 24.1 Å². The maximum atomic E-state index is 12.1. The number of carbonyl (C=O) groups excluding carboxylic acids is 1. The Labute approximate surface area is 130 Å². The van der Waals surface area contributed by atoms with Gasteiger partial charge in [-0.15, -0.1) is 0 Å². The molecule has 0 saturated carbocycles. The number of carbonyl (C=O) groups is 1. The molecule has 0 aliphatic carbocycles. The lowest BCUT2D eigenvalue weighted by Gasteiger charge is -2.34. The zero-order chi connectivity index (χ0) is 14.7. The van der Waals surface area contributed by atoms with Crippen molar-refractivity contribution < 1.29 is 4.79 Å². The van der Waals surface area contributed by atoms with Gasteiger partial charge >= 0.3 is 0 Å². The van der Waals surface area contributed by atoms with Gasteiger partial charge in [-0.1, -0.05) is 37.0 Å². The van der Waals surface area contributed by atoms with E-state index < -0.39 is 0 Å². The standard InChI is InChI=1S/C15H20Cl2N2O/c1-10-5-11(2)8-19(7-10)9-15(20)18-12-3-4-13(16)14(17)6-12/h3-4,6,10-11H,5,7-9H2,1-2H3,(H,18,20). The Morgan fingerprint density at radius 3 is 2.50 bits per heavy atom. The number of anilines is 1. The predicted octanol–water partition coefficient (Wildman–Crippen LogP) is 3.91. The number of piperidine rings is 1. The van der Waals surface area contributed by atoms with Gasteiger partial charge in [0.15, 0.2) is 0 Å². The Bertz CT molecular complexity index is 483. The van der Waals surface area contributed by atoms with Gasteiger partial charge in [0.2, 0.25) is 5.91 Å². The van der Waals surface area contributed by atoms with Crippen LogP contribution in [0.15, 0.2) is 18.2 Å². The highest BCUT2D eigenvalue weighted by Crippen LogP contribution is 2.25. The number of hydrogen-bond donors (Lipinski definition) is 1. The molecule has 0 radical (unpaired) electrons. The van der Waals surface area contributed by atoms with E-state index >= 15 is 0 Å². The fraction of sp³-hybridized carbons (Fsp3) is 0.533. The van der Waals surface area contributed by atoms with Gasteiger partial charge in [-0.2, -0.15) is 0 Å². The molecule has 1 aromatic carbocycles. The quantitative estimate of drug-likeness (QED) is 0.917. The van der Waals surface area contributed by atoms with Crippen LogP contribution in [0.2, 0.25) is 10.0 Å². The molecule has 2 unspecified atom stereocenters. The van der Waals surface area contributed by atoms with Gasteiger partial charge in [0.05, 0.1) is 16.6 Å². The van der Waals surface area contributed by atoms with E-state index in [1.54, 1.807) is 18.2 Å². The smallest absolute Gasteiger partial charge is 0.238 e. The molecule has 2 atom stereocenters. The minimum absolute atomic E-state index is 0.00955. The second-order valence-corrected chi connectivity index (χ2v) is 6.63. The third kappa shape index (κ3) is 4.37. The number of nitrogens with zero attached hydrogens (tertiary/aromatic N) is 1. The maximum absolute atomic E-state index is 12.1. The van der Waals surface area contributed by atoms with Crippen molar-refractivity contribution in [1.82, 2.24) is 4.90 Å². The van der Waals surface area contributed by atoms with Crippen molar-refractivity contribution in [3.63, 3.8) is 0 Å².